The smallest absolute Gasteiger partial charge is 0.232 e. The van der Waals surface area contributed by atoms with E-state index in [4.69, 9.17) is 11.6 Å². The molecule has 1 aliphatic heterocycles. The molecule has 0 radical (unpaired) electrons. The minimum atomic E-state index is -3.40. The zero-order valence-electron chi connectivity index (χ0n) is 10.5. The number of hydrogen-bond acceptors (Lipinski definition) is 4. The van der Waals surface area contributed by atoms with Crippen molar-refractivity contribution in [2.45, 2.75) is 37.3 Å². The molecule has 0 bridgehead atoms. The first-order chi connectivity index (χ1) is 8.43. The first-order valence-corrected chi connectivity index (χ1v) is 8.68. The van der Waals surface area contributed by atoms with E-state index >= 15 is 0 Å². The highest BCUT2D eigenvalue weighted by Crippen LogP contribution is 2.40. The van der Waals surface area contributed by atoms with Crippen LogP contribution in [0.25, 0.3) is 0 Å². The molecule has 1 aromatic rings. The fourth-order valence-corrected chi connectivity index (χ4v) is 5.41. The van der Waals surface area contributed by atoms with E-state index < -0.39 is 10.0 Å². The molecule has 0 N–H and O–H groups in total. The Kier molecular flexibility index (Phi) is 4.02. The molecule has 1 aromatic heterocycles. The summed E-state index contributed by atoms with van der Waals surface area (Å²) in [7, 11) is -3.40. The Balaban J connectivity index is 2.24. The van der Waals surface area contributed by atoms with Crippen molar-refractivity contribution in [3.8, 4) is 0 Å². The Hall–Kier alpha value is -0.170. The number of rotatable bonds is 4. The van der Waals surface area contributed by atoms with E-state index in [0.717, 1.165) is 30.6 Å². The topological polar surface area (TPSA) is 50.3 Å². The molecule has 0 amide bonds. The predicted octanol–water partition coefficient (Wildman–Crippen LogP) is 3.00. The third kappa shape index (κ3) is 2.43. The van der Waals surface area contributed by atoms with Gasteiger partial charge in [0, 0.05) is 13.1 Å². The molecule has 4 nitrogen and oxygen atoms in total. The summed E-state index contributed by atoms with van der Waals surface area (Å²) >= 11 is 6.73. The molecule has 0 aromatic carbocycles. The number of halogens is 1. The van der Waals surface area contributed by atoms with Crippen LogP contribution in [0.15, 0.2) is 10.4 Å². The molecule has 0 aliphatic carbocycles. The van der Waals surface area contributed by atoms with Crippen LogP contribution in [-0.2, 0) is 10.0 Å². The second-order valence-electron chi connectivity index (χ2n) is 4.73. The Morgan fingerprint density at radius 2 is 2.17 bits per heavy atom. The van der Waals surface area contributed by atoms with E-state index in [9.17, 15) is 8.42 Å². The zero-order valence-corrected chi connectivity index (χ0v) is 12.9. The summed E-state index contributed by atoms with van der Waals surface area (Å²) in [6, 6.07) is 0. The van der Waals surface area contributed by atoms with Gasteiger partial charge in [-0.25, -0.2) is 13.4 Å². The molecule has 1 fully saturated rings. The molecule has 0 atom stereocenters. The van der Waals surface area contributed by atoms with Crippen LogP contribution in [0.2, 0.25) is 4.47 Å². The average Bonchev–Trinajstić information content (AvgIpc) is 2.96. The van der Waals surface area contributed by atoms with E-state index in [0.29, 0.717) is 13.1 Å². The fraction of sp³-hybridized carbons (Fsp3) is 0.727. The lowest BCUT2D eigenvalue weighted by Crippen LogP contribution is -2.31. The molecule has 0 saturated carbocycles. The molecule has 2 rings (SSSR count). The SMILES string of the molecule is CCC1(CC)CCN(S(=O)(=O)c2cnc(Cl)s2)C1. The largest absolute Gasteiger partial charge is 0.254 e. The van der Waals surface area contributed by atoms with Gasteiger partial charge in [-0.05, 0) is 24.7 Å². The Morgan fingerprint density at radius 1 is 1.50 bits per heavy atom. The maximum absolute atomic E-state index is 12.4. The third-order valence-electron chi connectivity index (χ3n) is 3.95. The van der Waals surface area contributed by atoms with Gasteiger partial charge in [-0.2, -0.15) is 4.31 Å². The lowest BCUT2D eigenvalue weighted by molar-refractivity contribution is 0.280. The van der Waals surface area contributed by atoms with Gasteiger partial charge in [-0.15, -0.1) is 0 Å². The second-order valence-corrected chi connectivity index (χ2v) is 8.51. The van der Waals surface area contributed by atoms with Crippen LogP contribution >= 0.6 is 22.9 Å². The third-order valence-corrected chi connectivity index (χ3v) is 7.35. The van der Waals surface area contributed by atoms with Crippen molar-refractivity contribution in [3.63, 3.8) is 0 Å². The first-order valence-electron chi connectivity index (χ1n) is 6.05. The lowest BCUT2D eigenvalue weighted by atomic mass is 9.82. The highest BCUT2D eigenvalue weighted by Gasteiger charge is 2.41. The summed E-state index contributed by atoms with van der Waals surface area (Å²) in [4.78, 5) is 3.81. The summed E-state index contributed by atoms with van der Waals surface area (Å²) < 4.78 is 26.9. The van der Waals surface area contributed by atoms with Gasteiger partial charge in [0.25, 0.3) is 10.0 Å². The normalized spacial score (nSPS) is 20.4. The summed E-state index contributed by atoms with van der Waals surface area (Å²) in [5, 5.41) is 0. The number of hydrogen-bond donors (Lipinski definition) is 0. The van der Waals surface area contributed by atoms with Gasteiger partial charge in [0.15, 0.2) is 8.68 Å². The van der Waals surface area contributed by atoms with Crippen LogP contribution in [0.4, 0.5) is 0 Å². The molecule has 7 heteroatoms. The predicted molar refractivity (Wildman–Crippen MR) is 73.5 cm³/mol. The van der Waals surface area contributed by atoms with E-state index in [1.165, 1.54) is 6.20 Å². The molecule has 2 heterocycles. The van der Waals surface area contributed by atoms with E-state index in [2.05, 4.69) is 18.8 Å². The quantitative estimate of drug-likeness (QED) is 0.859. The Bertz CT molecular complexity index is 523. The molecular weight excluding hydrogens is 292 g/mol. The van der Waals surface area contributed by atoms with Crippen molar-refractivity contribution in [1.29, 1.82) is 0 Å². The summed E-state index contributed by atoms with van der Waals surface area (Å²) in [5.41, 5.74) is 0.140. The minimum Gasteiger partial charge on any atom is -0.232 e. The van der Waals surface area contributed by atoms with Crippen molar-refractivity contribution in [3.05, 3.63) is 10.7 Å². The van der Waals surface area contributed by atoms with Crippen molar-refractivity contribution >= 4 is 33.0 Å². The number of aromatic nitrogens is 1. The van der Waals surface area contributed by atoms with Crippen LogP contribution in [0.5, 0.6) is 0 Å². The molecule has 1 aliphatic rings. The van der Waals surface area contributed by atoms with Crippen molar-refractivity contribution in [2.24, 2.45) is 5.41 Å². The van der Waals surface area contributed by atoms with Gasteiger partial charge < -0.3 is 0 Å². The molecule has 18 heavy (non-hydrogen) atoms. The average molecular weight is 309 g/mol. The lowest BCUT2D eigenvalue weighted by Gasteiger charge is -2.25. The van der Waals surface area contributed by atoms with Gasteiger partial charge >= 0.3 is 0 Å². The zero-order chi connectivity index (χ0) is 13.4. The van der Waals surface area contributed by atoms with Crippen molar-refractivity contribution in [1.82, 2.24) is 9.29 Å². The van der Waals surface area contributed by atoms with Gasteiger partial charge in [-0.3, -0.25) is 0 Å². The van der Waals surface area contributed by atoms with E-state index in [1.807, 2.05) is 0 Å². The van der Waals surface area contributed by atoms with Gasteiger partial charge in [-0.1, -0.05) is 36.8 Å². The fourth-order valence-electron chi connectivity index (χ4n) is 2.41. The molecule has 1 saturated heterocycles. The monoisotopic (exact) mass is 308 g/mol. The number of sulfonamides is 1. The van der Waals surface area contributed by atoms with Crippen LogP contribution in [-0.4, -0.2) is 30.8 Å². The van der Waals surface area contributed by atoms with Crippen LogP contribution in [0.1, 0.15) is 33.1 Å². The maximum atomic E-state index is 12.4. The Morgan fingerprint density at radius 3 is 2.61 bits per heavy atom. The van der Waals surface area contributed by atoms with Gasteiger partial charge in [0.05, 0.1) is 6.20 Å². The molecular formula is C11H17ClN2O2S2. The number of nitrogens with zero attached hydrogens (tertiary/aromatic N) is 2. The highest BCUT2D eigenvalue weighted by molar-refractivity contribution is 7.91. The van der Waals surface area contributed by atoms with Gasteiger partial charge in [0.2, 0.25) is 0 Å². The van der Waals surface area contributed by atoms with Gasteiger partial charge in [0.1, 0.15) is 0 Å². The van der Waals surface area contributed by atoms with Crippen molar-refractivity contribution < 1.29 is 8.42 Å². The molecule has 0 unspecified atom stereocenters. The molecule has 0 spiro atoms. The highest BCUT2D eigenvalue weighted by atomic mass is 35.5. The molecule has 102 valence electrons. The number of thiazole rings is 1. The first kappa shape index (κ1) is 14.2. The standard InChI is InChI=1S/C11H17ClN2O2S2/c1-3-11(4-2)5-6-14(8-11)18(15,16)9-7-13-10(12)17-9/h7H,3-6,8H2,1-2H3. The second kappa shape index (κ2) is 5.07. The van der Waals surface area contributed by atoms with Crippen LogP contribution < -0.4 is 0 Å². The van der Waals surface area contributed by atoms with Crippen LogP contribution in [0.3, 0.4) is 0 Å². The Labute approximate surface area is 117 Å². The van der Waals surface area contributed by atoms with Crippen LogP contribution in [0, 0.1) is 5.41 Å². The maximum Gasteiger partial charge on any atom is 0.254 e. The van der Waals surface area contributed by atoms with Crippen molar-refractivity contribution in [2.75, 3.05) is 13.1 Å². The van der Waals surface area contributed by atoms with E-state index in [-0.39, 0.29) is 14.1 Å². The minimum absolute atomic E-state index is 0.140. The summed E-state index contributed by atoms with van der Waals surface area (Å²) in [6.45, 7) is 5.46. The summed E-state index contributed by atoms with van der Waals surface area (Å²) in [6.07, 6.45) is 4.31. The summed E-state index contributed by atoms with van der Waals surface area (Å²) in [5.74, 6) is 0. The van der Waals surface area contributed by atoms with E-state index in [1.54, 1.807) is 4.31 Å².